The molecule has 0 aliphatic heterocycles. The normalized spacial score (nSPS) is 18.1. The molecule has 2 aromatic rings. The molecule has 3 rings (SSSR count). The maximum atomic E-state index is 14.1. The zero-order valence-electron chi connectivity index (χ0n) is 13.8. The van der Waals surface area contributed by atoms with Gasteiger partial charge in [-0.25, -0.2) is 23.1 Å². The summed E-state index contributed by atoms with van der Waals surface area (Å²) in [7, 11) is 0. The first-order valence-electron chi connectivity index (χ1n) is 7.99. The van der Waals surface area contributed by atoms with Crippen LogP contribution >= 0.6 is 15.9 Å². The SMILES string of the molecule is O=C(CN(CC1CC1F)C(=O)c1ccc(Br)cc1F)Nc1ncc(F)cn1. The van der Waals surface area contributed by atoms with E-state index in [9.17, 15) is 22.8 Å². The van der Waals surface area contributed by atoms with E-state index < -0.39 is 36.2 Å². The van der Waals surface area contributed by atoms with Crippen LogP contribution in [0.5, 0.6) is 0 Å². The molecule has 0 radical (unpaired) electrons. The number of carbonyl (C=O) groups excluding carboxylic acids is 2. The molecule has 0 bridgehead atoms. The number of amides is 2. The van der Waals surface area contributed by atoms with Crippen molar-refractivity contribution in [2.75, 3.05) is 18.4 Å². The maximum absolute atomic E-state index is 14.1. The van der Waals surface area contributed by atoms with Gasteiger partial charge in [0.05, 0.1) is 18.0 Å². The monoisotopic (exact) mass is 442 g/mol. The minimum absolute atomic E-state index is 0.0206. The summed E-state index contributed by atoms with van der Waals surface area (Å²) in [5.74, 6) is -3.34. The largest absolute Gasteiger partial charge is 0.329 e. The number of nitrogens with zero attached hydrogens (tertiary/aromatic N) is 3. The molecule has 142 valence electrons. The van der Waals surface area contributed by atoms with Crippen LogP contribution in [0.3, 0.4) is 0 Å². The predicted molar refractivity (Wildman–Crippen MR) is 93.6 cm³/mol. The number of aromatic nitrogens is 2. The van der Waals surface area contributed by atoms with Crippen LogP contribution in [0, 0.1) is 17.6 Å². The van der Waals surface area contributed by atoms with Gasteiger partial charge in [-0.05, 0) is 24.6 Å². The third kappa shape index (κ3) is 5.03. The van der Waals surface area contributed by atoms with Gasteiger partial charge in [-0.2, -0.15) is 0 Å². The Bertz CT molecular complexity index is 866. The van der Waals surface area contributed by atoms with E-state index in [1.807, 2.05) is 0 Å². The molecule has 27 heavy (non-hydrogen) atoms. The maximum Gasteiger partial charge on any atom is 0.257 e. The van der Waals surface area contributed by atoms with Crippen LogP contribution in [0.2, 0.25) is 0 Å². The van der Waals surface area contributed by atoms with Crippen LogP contribution in [0.4, 0.5) is 19.1 Å². The third-order valence-corrected chi connectivity index (χ3v) is 4.44. The Balaban J connectivity index is 1.73. The Kier molecular flexibility index (Phi) is 5.73. The molecule has 1 fully saturated rings. The molecule has 10 heteroatoms. The van der Waals surface area contributed by atoms with Crippen LogP contribution in [0.1, 0.15) is 16.8 Å². The zero-order valence-corrected chi connectivity index (χ0v) is 15.4. The average Bonchev–Trinajstić information content (AvgIpc) is 3.30. The standard InChI is InChI=1S/C17H14BrF3N4O2/c18-10-1-2-12(14(21)4-10)16(27)25(7-9-3-13(9)20)8-15(26)24-17-22-5-11(19)6-23-17/h1-2,4-6,9,13H,3,7-8H2,(H,22,23,24,26). The summed E-state index contributed by atoms with van der Waals surface area (Å²) in [4.78, 5) is 33.1. The summed E-state index contributed by atoms with van der Waals surface area (Å²) in [6, 6.07) is 3.92. The molecule has 2 amide bonds. The summed E-state index contributed by atoms with van der Waals surface area (Å²) < 4.78 is 40.7. The number of hydrogen-bond donors (Lipinski definition) is 1. The van der Waals surface area contributed by atoms with Crippen molar-refractivity contribution in [3.63, 3.8) is 0 Å². The van der Waals surface area contributed by atoms with Gasteiger partial charge in [-0.1, -0.05) is 15.9 Å². The fraction of sp³-hybridized carbons (Fsp3) is 0.294. The van der Waals surface area contributed by atoms with E-state index in [-0.39, 0.29) is 30.4 Å². The second-order valence-electron chi connectivity index (χ2n) is 6.09. The molecule has 1 aromatic carbocycles. The molecule has 1 aliphatic carbocycles. The van der Waals surface area contributed by atoms with E-state index in [4.69, 9.17) is 0 Å². The number of halogens is 4. The zero-order chi connectivity index (χ0) is 19.6. The van der Waals surface area contributed by atoms with Crippen molar-refractivity contribution in [3.8, 4) is 0 Å². The van der Waals surface area contributed by atoms with Crippen molar-refractivity contribution in [2.45, 2.75) is 12.6 Å². The third-order valence-electron chi connectivity index (χ3n) is 3.95. The Labute approximate surface area is 160 Å². The van der Waals surface area contributed by atoms with Gasteiger partial charge in [0.15, 0.2) is 5.82 Å². The molecule has 6 nitrogen and oxygen atoms in total. The summed E-state index contributed by atoms with van der Waals surface area (Å²) in [5.41, 5.74) is -0.222. The minimum Gasteiger partial charge on any atom is -0.329 e. The highest BCUT2D eigenvalue weighted by atomic mass is 79.9. The number of benzene rings is 1. The van der Waals surface area contributed by atoms with Crippen molar-refractivity contribution < 1.29 is 22.8 Å². The molecule has 0 saturated heterocycles. The molecule has 1 aliphatic rings. The van der Waals surface area contributed by atoms with Gasteiger partial charge in [-0.3, -0.25) is 14.9 Å². The summed E-state index contributed by atoms with van der Waals surface area (Å²) >= 11 is 3.10. The number of carbonyl (C=O) groups is 2. The number of nitrogens with one attached hydrogen (secondary N) is 1. The van der Waals surface area contributed by atoms with E-state index in [2.05, 4.69) is 31.2 Å². The predicted octanol–water partition coefficient (Wildman–Crippen LogP) is 2.96. The number of hydrogen-bond acceptors (Lipinski definition) is 4. The lowest BCUT2D eigenvalue weighted by Gasteiger charge is -2.22. The van der Waals surface area contributed by atoms with Crippen molar-refractivity contribution in [2.24, 2.45) is 5.92 Å². The van der Waals surface area contributed by atoms with Crippen molar-refractivity contribution in [1.82, 2.24) is 14.9 Å². The molecule has 2 atom stereocenters. The van der Waals surface area contributed by atoms with Crippen LogP contribution < -0.4 is 5.32 Å². The molecular formula is C17H14BrF3N4O2. The van der Waals surface area contributed by atoms with Crippen LogP contribution in [-0.2, 0) is 4.79 Å². The number of anilines is 1. The second kappa shape index (κ2) is 8.03. The first-order valence-corrected chi connectivity index (χ1v) is 8.78. The number of rotatable bonds is 6. The van der Waals surface area contributed by atoms with Crippen LogP contribution in [0.25, 0.3) is 0 Å². The van der Waals surface area contributed by atoms with E-state index in [0.29, 0.717) is 4.47 Å². The second-order valence-corrected chi connectivity index (χ2v) is 7.01. The fourth-order valence-electron chi connectivity index (χ4n) is 2.45. The Morgan fingerprint density at radius 2 is 1.93 bits per heavy atom. The highest BCUT2D eigenvalue weighted by molar-refractivity contribution is 9.10. The van der Waals surface area contributed by atoms with Gasteiger partial charge in [0.2, 0.25) is 11.9 Å². The van der Waals surface area contributed by atoms with E-state index in [0.717, 1.165) is 23.4 Å². The van der Waals surface area contributed by atoms with Gasteiger partial charge in [-0.15, -0.1) is 0 Å². The summed E-state index contributed by atoms with van der Waals surface area (Å²) in [6.07, 6.45) is 0.995. The first kappa shape index (κ1) is 19.3. The average molecular weight is 443 g/mol. The molecule has 0 spiro atoms. The van der Waals surface area contributed by atoms with Crippen molar-refractivity contribution in [1.29, 1.82) is 0 Å². The molecule has 1 saturated carbocycles. The summed E-state index contributed by atoms with van der Waals surface area (Å²) in [5, 5.41) is 2.32. The van der Waals surface area contributed by atoms with Gasteiger partial charge in [0.25, 0.3) is 5.91 Å². The van der Waals surface area contributed by atoms with E-state index >= 15 is 0 Å². The van der Waals surface area contributed by atoms with Crippen LogP contribution in [-0.4, -0.2) is 45.9 Å². The Morgan fingerprint density at radius 3 is 2.52 bits per heavy atom. The molecule has 1 aromatic heterocycles. The molecule has 2 unspecified atom stereocenters. The molecule has 1 N–H and O–H groups in total. The van der Waals surface area contributed by atoms with E-state index in [1.165, 1.54) is 12.1 Å². The van der Waals surface area contributed by atoms with Gasteiger partial charge < -0.3 is 4.90 Å². The van der Waals surface area contributed by atoms with E-state index in [1.54, 1.807) is 0 Å². The van der Waals surface area contributed by atoms with Gasteiger partial charge >= 0.3 is 0 Å². The molecule has 1 heterocycles. The Morgan fingerprint density at radius 1 is 1.26 bits per heavy atom. The van der Waals surface area contributed by atoms with Gasteiger partial charge in [0, 0.05) is 16.9 Å². The number of alkyl halides is 1. The van der Waals surface area contributed by atoms with Crippen molar-refractivity contribution >= 4 is 33.7 Å². The quantitative estimate of drug-likeness (QED) is 0.745. The lowest BCUT2D eigenvalue weighted by atomic mass is 10.1. The lowest BCUT2D eigenvalue weighted by Crippen LogP contribution is -2.40. The van der Waals surface area contributed by atoms with Crippen LogP contribution in [0.15, 0.2) is 35.1 Å². The summed E-state index contributed by atoms with van der Waals surface area (Å²) in [6.45, 7) is -0.467. The van der Waals surface area contributed by atoms with Crippen molar-refractivity contribution in [3.05, 3.63) is 52.3 Å². The topological polar surface area (TPSA) is 75.2 Å². The minimum atomic E-state index is -1.04. The fourth-order valence-corrected chi connectivity index (χ4v) is 2.78. The first-order chi connectivity index (χ1) is 12.8. The van der Waals surface area contributed by atoms with Gasteiger partial charge in [0.1, 0.15) is 18.5 Å². The highest BCUT2D eigenvalue weighted by Gasteiger charge is 2.40. The highest BCUT2D eigenvalue weighted by Crippen LogP contribution is 2.34. The Hall–Kier alpha value is -2.49. The lowest BCUT2D eigenvalue weighted by molar-refractivity contribution is -0.117. The smallest absolute Gasteiger partial charge is 0.257 e. The molecular weight excluding hydrogens is 429 g/mol.